The van der Waals surface area contributed by atoms with E-state index in [0.717, 1.165) is 6.54 Å². The minimum atomic E-state index is -1.82. The molecule has 88 valence electrons. The molecule has 4 N–H and O–H groups in total. The number of likely N-dealkylation sites (N-methyl/N-ethyl adjacent to an activating group) is 1. The molecule has 0 aromatic heterocycles. The fourth-order valence-electron chi connectivity index (χ4n) is 1.44. The summed E-state index contributed by atoms with van der Waals surface area (Å²) in [6, 6.07) is 0.666. The SMILES string of the molecule is CN1CCCCC1CN.O=C(O)C(=O)O. The number of carboxylic acid groups (broad SMARTS) is 2. The fourth-order valence-corrected chi connectivity index (χ4v) is 1.44. The second-order valence-electron chi connectivity index (χ2n) is 3.48. The quantitative estimate of drug-likeness (QED) is 0.517. The number of carboxylic acids is 2. The number of hydrogen-bond acceptors (Lipinski definition) is 4. The zero-order valence-electron chi connectivity index (χ0n) is 8.85. The summed E-state index contributed by atoms with van der Waals surface area (Å²) in [6.07, 6.45) is 4.02. The van der Waals surface area contributed by atoms with Gasteiger partial charge in [-0.05, 0) is 26.4 Å². The van der Waals surface area contributed by atoms with Crippen LogP contribution in [-0.4, -0.2) is 53.2 Å². The molecular weight excluding hydrogens is 200 g/mol. The van der Waals surface area contributed by atoms with Gasteiger partial charge in [0.25, 0.3) is 0 Å². The van der Waals surface area contributed by atoms with Crippen molar-refractivity contribution in [3.05, 3.63) is 0 Å². The minimum absolute atomic E-state index is 0.666. The third-order valence-corrected chi connectivity index (χ3v) is 2.38. The molecule has 1 aliphatic rings. The van der Waals surface area contributed by atoms with E-state index in [9.17, 15) is 0 Å². The molecule has 0 bridgehead atoms. The third kappa shape index (κ3) is 6.03. The van der Waals surface area contributed by atoms with Crippen molar-refractivity contribution in [2.75, 3.05) is 20.1 Å². The van der Waals surface area contributed by atoms with Crippen molar-refractivity contribution in [1.82, 2.24) is 4.90 Å². The largest absolute Gasteiger partial charge is 0.473 e. The number of nitrogens with zero attached hydrogens (tertiary/aromatic N) is 1. The summed E-state index contributed by atoms with van der Waals surface area (Å²) < 4.78 is 0. The van der Waals surface area contributed by atoms with Gasteiger partial charge in [0.1, 0.15) is 0 Å². The first-order valence-corrected chi connectivity index (χ1v) is 4.85. The molecular formula is C9H18N2O4. The van der Waals surface area contributed by atoms with Crippen LogP contribution in [-0.2, 0) is 9.59 Å². The average molecular weight is 218 g/mol. The molecule has 0 aromatic carbocycles. The predicted octanol–water partition coefficient (Wildman–Crippen LogP) is -0.415. The zero-order chi connectivity index (χ0) is 11.8. The van der Waals surface area contributed by atoms with Gasteiger partial charge in [-0.25, -0.2) is 9.59 Å². The van der Waals surface area contributed by atoms with Crippen LogP contribution in [0.5, 0.6) is 0 Å². The van der Waals surface area contributed by atoms with E-state index in [1.807, 2.05) is 0 Å². The smallest absolute Gasteiger partial charge is 0.414 e. The Morgan fingerprint density at radius 3 is 2.13 bits per heavy atom. The lowest BCUT2D eigenvalue weighted by molar-refractivity contribution is -0.159. The number of likely N-dealkylation sites (tertiary alicyclic amines) is 1. The summed E-state index contributed by atoms with van der Waals surface area (Å²) in [5.74, 6) is -3.65. The Balaban J connectivity index is 0.000000288. The van der Waals surface area contributed by atoms with Crippen LogP contribution in [0.15, 0.2) is 0 Å². The standard InChI is InChI=1S/C7H16N2.C2H2O4/c1-9-5-3-2-4-7(9)6-8;3-1(4)2(5)6/h7H,2-6,8H2,1H3;(H,3,4)(H,5,6). The molecule has 0 radical (unpaired) electrons. The second kappa shape index (κ2) is 7.19. The highest BCUT2D eigenvalue weighted by Gasteiger charge is 2.15. The van der Waals surface area contributed by atoms with Gasteiger partial charge in [0.15, 0.2) is 0 Å². The molecule has 1 rings (SSSR count). The number of aliphatic carboxylic acids is 2. The lowest BCUT2D eigenvalue weighted by Gasteiger charge is -2.31. The van der Waals surface area contributed by atoms with Crippen LogP contribution in [0.3, 0.4) is 0 Å². The van der Waals surface area contributed by atoms with Gasteiger partial charge in [-0.3, -0.25) is 0 Å². The fraction of sp³-hybridized carbons (Fsp3) is 0.778. The van der Waals surface area contributed by atoms with E-state index in [4.69, 9.17) is 25.5 Å². The van der Waals surface area contributed by atoms with Gasteiger partial charge < -0.3 is 20.8 Å². The molecule has 1 fully saturated rings. The normalized spacial score (nSPS) is 21.3. The molecule has 1 atom stereocenters. The number of piperidine rings is 1. The van der Waals surface area contributed by atoms with Gasteiger partial charge in [-0.1, -0.05) is 6.42 Å². The molecule has 15 heavy (non-hydrogen) atoms. The summed E-state index contributed by atoms with van der Waals surface area (Å²) in [4.78, 5) is 20.6. The third-order valence-electron chi connectivity index (χ3n) is 2.38. The number of hydrogen-bond donors (Lipinski definition) is 3. The summed E-state index contributed by atoms with van der Waals surface area (Å²) in [7, 11) is 2.16. The first-order valence-electron chi connectivity index (χ1n) is 4.85. The van der Waals surface area contributed by atoms with Crippen LogP contribution in [0.4, 0.5) is 0 Å². The van der Waals surface area contributed by atoms with Gasteiger partial charge in [0, 0.05) is 12.6 Å². The van der Waals surface area contributed by atoms with E-state index in [2.05, 4.69) is 11.9 Å². The highest BCUT2D eigenvalue weighted by atomic mass is 16.4. The summed E-state index contributed by atoms with van der Waals surface area (Å²) in [5.41, 5.74) is 5.55. The van der Waals surface area contributed by atoms with Crippen LogP contribution >= 0.6 is 0 Å². The Bertz CT molecular complexity index is 208. The molecule has 0 aromatic rings. The Labute approximate surface area is 88.7 Å². The molecule has 0 spiro atoms. The van der Waals surface area contributed by atoms with E-state index in [-0.39, 0.29) is 0 Å². The molecule has 0 aliphatic carbocycles. The summed E-state index contributed by atoms with van der Waals surface area (Å²) in [5, 5.41) is 14.8. The van der Waals surface area contributed by atoms with Crippen molar-refractivity contribution in [1.29, 1.82) is 0 Å². The Hall–Kier alpha value is -1.14. The molecule has 0 saturated carbocycles. The maximum absolute atomic E-state index is 9.10. The monoisotopic (exact) mass is 218 g/mol. The maximum atomic E-state index is 9.10. The zero-order valence-corrected chi connectivity index (χ0v) is 8.85. The number of rotatable bonds is 1. The molecule has 0 amide bonds. The van der Waals surface area contributed by atoms with Gasteiger partial charge in [-0.2, -0.15) is 0 Å². The minimum Gasteiger partial charge on any atom is -0.473 e. The van der Waals surface area contributed by atoms with Gasteiger partial charge >= 0.3 is 11.9 Å². The average Bonchev–Trinajstić information content (AvgIpc) is 2.19. The Morgan fingerprint density at radius 2 is 1.87 bits per heavy atom. The molecule has 1 saturated heterocycles. The Morgan fingerprint density at radius 1 is 1.33 bits per heavy atom. The molecule has 1 aliphatic heterocycles. The van der Waals surface area contributed by atoms with E-state index in [1.165, 1.54) is 25.8 Å². The lowest BCUT2D eigenvalue weighted by Crippen LogP contribution is -2.41. The van der Waals surface area contributed by atoms with Crippen molar-refractivity contribution < 1.29 is 19.8 Å². The van der Waals surface area contributed by atoms with Gasteiger partial charge in [0.2, 0.25) is 0 Å². The van der Waals surface area contributed by atoms with E-state index >= 15 is 0 Å². The Kier molecular flexibility index (Phi) is 6.64. The van der Waals surface area contributed by atoms with Crippen LogP contribution in [0, 0.1) is 0 Å². The van der Waals surface area contributed by atoms with E-state index < -0.39 is 11.9 Å². The number of nitrogens with two attached hydrogens (primary N) is 1. The highest BCUT2D eigenvalue weighted by Crippen LogP contribution is 2.12. The first-order chi connectivity index (χ1) is 6.99. The molecule has 6 heteroatoms. The van der Waals surface area contributed by atoms with Crippen LogP contribution in [0.25, 0.3) is 0 Å². The highest BCUT2D eigenvalue weighted by molar-refractivity contribution is 6.27. The summed E-state index contributed by atoms with van der Waals surface area (Å²) in [6.45, 7) is 2.07. The molecule has 1 heterocycles. The van der Waals surface area contributed by atoms with Crippen LogP contribution in [0.1, 0.15) is 19.3 Å². The van der Waals surface area contributed by atoms with Crippen LogP contribution in [0.2, 0.25) is 0 Å². The van der Waals surface area contributed by atoms with Crippen molar-refractivity contribution in [3.8, 4) is 0 Å². The van der Waals surface area contributed by atoms with E-state index in [1.54, 1.807) is 0 Å². The first kappa shape index (κ1) is 13.9. The van der Waals surface area contributed by atoms with E-state index in [0.29, 0.717) is 6.04 Å². The van der Waals surface area contributed by atoms with Gasteiger partial charge in [0.05, 0.1) is 0 Å². The summed E-state index contributed by atoms with van der Waals surface area (Å²) >= 11 is 0. The van der Waals surface area contributed by atoms with Crippen molar-refractivity contribution in [2.24, 2.45) is 5.73 Å². The number of carbonyl (C=O) groups is 2. The molecule has 6 nitrogen and oxygen atoms in total. The molecule has 1 unspecified atom stereocenters. The van der Waals surface area contributed by atoms with Crippen molar-refractivity contribution in [3.63, 3.8) is 0 Å². The topological polar surface area (TPSA) is 104 Å². The predicted molar refractivity (Wildman–Crippen MR) is 54.6 cm³/mol. The lowest BCUT2D eigenvalue weighted by atomic mass is 10.0. The maximum Gasteiger partial charge on any atom is 0.414 e. The van der Waals surface area contributed by atoms with Crippen LogP contribution < -0.4 is 5.73 Å². The van der Waals surface area contributed by atoms with Crippen molar-refractivity contribution >= 4 is 11.9 Å². The second-order valence-corrected chi connectivity index (χ2v) is 3.48. The van der Waals surface area contributed by atoms with Crippen molar-refractivity contribution in [2.45, 2.75) is 25.3 Å². The van der Waals surface area contributed by atoms with Gasteiger partial charge in [-0.15, -0.1) is 0 Å².